The van der Waals surface area contributed by atoms with Crippen LogP contribution in [-0.2, 0) is 0 Å². The topological polar surface area (TPSA) is 74.5 Å². The van der Waals surface area contributed by atoms with Crippen molar-refractivity contribution in [3.05, 3.63) is 47.2 Å². The molecule has 3 rings (SSSR count). The molecule has 6 nitrogen and oxygen atoms in total. The molecule has 8 heteroatoms. The molecule has 2 N–H and O–H groups in total. The van der Waals surface area contributed by atoms with Crippen molar-refractivity contribution < 1.29 is 53.5 Å². The highest BCUT2D eigenvalue weighted by molar-refractivity contribution is 5.59. The summed E-state index contributed by atoms with van der Waals surface area (Å²) in [6.45, 7) is 7.14. The predicted molar refractivity (Wildman–Crippen MR) is 75.6 cm³/mol. The number of halogens is 2. The van der Waals surface area contributed by atoms with Gasteiger partial charge in [0, 0.05) is 27.7 Å². The highest BCUT2D eigenvalue weighted by Gasteiger charge is 2.28. The smallest absolute Gasteiger partial charge is 0.429 e. The lowest BCUT2D eigenvalue weighted by Crippen LogP contribution is -3.00. The Balaban J connectivity index is 0.00000144. The quantitative estimate of drug-likeness (QED) is 0.361. The number of nitrogens with zero attached hydrogens (tertiary/aromatic N) is 2. The Morgan fingerprint density at radius 2 is 0.958 bits per heavy atom. The number of benzene rings is 1. The molecule has 0 aliphatic heterocycles. The fraction of sp³-hybridized carbons (Fsp3) is 0.250. The van der Waals surface area contributed by atoms with Gasteiger partial charge in [-0.25, -0.2) is 0 Å². The van der Waals surface area contributed by atoms with Crippen molar-refractivity contribution in [1.29, 1.82) is 0 Å². The van der Waals surface area contributed by atoms with Gasteiger partial charge >= 0.3 is 11.8 Å². The molecule has 0 radical (unpaired) electrons. The van der Waals surface area contributed by atoms with Crippen molar-refractivity contribution in [3.8, 4) is 22.9 Å². The second kappa shape index (κ2) is 7.15. The van der Waals surface area contributed by atoms with Crippen LogP contribution >= 0.6 is 0 Å². The van der Waals surface area contributed by atoms with Crippen molar-refractivity contribution in [2.24, 2.45) is 0 Å². The molecule has 0 aliphatic carbocycles. The number of aromatic nitrogens is 2. The Morgan fingerprint density at radius 3 is 1.17 bits per heavy atom. The molecule has 130 valence electrons. The fourth-order valence-electron chi connectivity index (χ4n) is 2.24. The van der Waals surface area contributed by atoms with Crippen LogP contribution in [0, 0.1) is 27.7 Å². The summed E-state index contributed by atoms with van der Waals surface area (Å²) >= 11 is 0. The normalized spacial score (nSPS) is 10.2. The van der Waals surface area contributed by atoms with Gasteiger partial charge in [-0.15, -0.1) is 0 Å². The largest absolute Gasteiger partial charge is 1.00 e. The van der Waals surface area contributed by atoms with E-state index in [0.717, 1.165) is 20.6 Å². The molecule has 0 unspecified atom stereocenters. The maximum atomic E-state index is 10.0. The van der Waals surface area contributed by atoms with Crippen LogP contribution in [-0.4, -0.2) is 10.4 Å². The monoisotopic (exact) mass is 372 g/mol. The van der Waals surface area contributed by atoms with E-state index in [4.69, 9.17) is 8.83 Å². The van der Waals surface area contributed by atoms with E-state index in [9.17, 15) is 10.4 Å². The third-order valence-corrected chi connectivity index (χ3v) is 3.92. The molecule has 0 atom stereocenters. The molecule has 2 aromatic heterocycles. The predicted octanol–water partition coefficient (Wildman–Crippen LogP) is -3.50. The van der Waals surface area contributed by atoms with Crippen LogP contribution in [0.15, 0.2) is 33.1 Å². The molecule has 24 heavy (non-hydrogen) atoms. The molecule has 2 heterocycles. The minimum atomic E-state index is 0. The minimum absolute atomic E-state index is 0. The molecular weight excluding hydrogens is 355 g/mol. The zero-order chi connectivity index (χ0) is 16.0. The summed E-state index contributed by atoms with van der Waals surface area (Å²) in [6, 6.07) is 7.19. The van der Waals surface area contributed by atoms with Crippen molar-refractivity contribution in [2.45, 2.75) is 27.7 Å². The van der Waals surface area contributed by atoms with Crippen LogP contribution in [0.2, 0.25) is 0 Å². The highest BCUT2D eigenvalue weighted by atomic mass is 35.5. The Morgan fingerprint density at radius 1 is 0.667 bits per heavy atom. The van der Waals surface area contributed by atoms with E-state index in [-0.39, 0.29) is 24.8 Å². The lowest BCUT2D eigenvalue weighted by molar-refractivity contribution is -0.901. The zero-order valence-corrected chi connectivity index (χ0v) is 15.2. The van der Waals surface area contributed by atoms with Gasteiger partial charge in [0.15, 0.2) is 11.5 Å². The van der Waals surface area contributed by atoms with Crippen molar-refractivity contribution in [1.82, 2.24) is 0 Å². The van der Waals surface area contributed by atoms with Crippen LogP contribution in [0.1, 0.15) is 22.9 Å². The summed E-state index contributed by atoms with van der Waals surface area (Å²) in [6.07, 6.45) is 0. The van der Waals surface area contributed by atoms with E-state index in [2.05, 4.69) is 0 Å². The Bertz CT molecular complexity index is 783. The lowest BCUT2D eigenvalue weighted by Gasteiger charge is -1.94. The standard InChI is InChI=1S/C16H18N2O4.2ClH/c1-9-11(3)21-15(17(9)19)13-5-7-14(8-6-13)16-18(20)10(2)12(4)22-16;;/h5-8,19-20H,1-4H3;2*1H/q+2;;/p-2. The molecule has 0 saturated heterocycles. The molecular formula is C16H18Cl2N2O4. The van der Waals surface area contributed by atoms with Crippen molar-refractivity contribution >= 4 is 0 Å². The first-order chi connectivity index (χ1) is 10.4. The van der Waals surface area contributed by atoms with E-state index in [1.807, 2.05) is 0 Å². The maximum Gasteiger partial charge on any atom is 0.429 e. The van der Waals surface area contributed by atoms with Crippen LogP contribution < -0.4 is 34.3 Å². The maximum absolute atomic E-state index is 10.0. The number of hydrogen-bond donors (Lipinski definition) is 2. The average Bonchev–Trinajstić information content (AvgIpc) is 2.92. The fourth-order valence-corrected chi connectivity index (χ4v) is 2.24. The molecule has 0 spiro atoms. The molecule has 3 aromatic rings. The van der Waals surface area contributed by atoms with Gasteiger partial charge in [-0.3, -0.25) is 10.4 Å². The van der Waals surface area contributed by atoms with Crippen LogP contribution in [0.4, 0.5) is 0 Å². The van der Waals surface area contributed by atoms with Gasteiger partial charge < -0.3 is 33.6 Å². The van der Waals surface area contributed by atoms with E-state index in [1.54, 1.807) is 52.0 Å². The first-order valence-electron chi connectivity index (χ1n) is 6.93. The van der Waals surface area contributed by atoms with E-state index >= 15 is 0 Å². The van der Waals surface area contributed by atoms with Crippen LogP contribution in [0.3, 0.4) is 0 Å². The summed E-state index contributed by atoms with van der Waals surface area (Å²) in [7, 11) is 0. The summed E-state index contributed by atoms with van der Waals surface area (Å²) in [4.78, 5) is 0. The zero-order valence-electron chi connectivity index (χ0n) is 13.7. The molecule has 1 aromatic carbocycles. The van der Waals surface area contributed by atoms with Crippen molar-refractivity contribution in [3.63, 3.8) is 0 Å². The molecule has 0 aliphatic rings. The summed E-state index contributed by atoms with van der Waals surface area (Å²) in [5, 5.41) is 20.0. The summed E-state index contributed by atoms with van der Waals surface area (Å²) in [5.41, 5.74) is 2.77. The van der Waals surface area contributed by atoms with Crippen LogP contribution in [0.5, 0.6) is 0 Å². The third kappa shape index (κ3) is 3.07. The van der Waals surface area contributed by atoms with Gasteiger partial charge in [-0.1, -0.05) is 0 Å². The van der Waals surface area contributed by atoms with Gasteiger partial charge in [0.2, 0.25) is 0 Å². The van der Waals surface area contributed by atoms with Crippen LogP contribution in [0.25, 0.3) is 22.9 Å². The van der Waals surface area contributed by atoms with E-state index in [0.29, 0.717) is 34.7 Å². The summed E-state index contributed by atoms with van der Waals surface area (Å²) in [5.74, 6) is 2.05. The number of rotatable bonds is 2. The molecule has 0 fully saturated rings. The highest BCUT2D eigenvalue weighted by Crippen LogP contribution is 2.24. The number of aryl methyl sites for hydroxylation is 2. The van der Waals surface area contributed by atoms with Crippen molar-refractivity contribution in [2.75, 3.05) is 0 Å². The molecule has 0 saturated carbocycles. The number of hydrogen-bond acceptors (Lipinski definition) is 4. The first kappa shape index (κ1) is 19.9. The number of oxazole rings is 2. The lowest BCUT2D eigenvalue weighted by atomic mass is 10.1. The van der Waals surface area contributed by atoms with Gasteiger partial charge in [-0.05, 0) is 24.3 Å². The summed E-state index contributed by atoms with van der Waals surface area (Å²) < 4.78 is 13.2. The van der Waals surface area contributed by atoms with E-state index < -0.39 is 0 Å². The second-order valence-corrected chi connectivity index (χ2v) is 5.30. The van der Waals surface area contributed by atoms with E-state index in [1.165, 1.54) is 0 Å². The first-order valence-corrected chi connectivity index (χ1v) is 6.93. The van der Waals surface area contributed by atoms with Gasteiger partial charge in [0.05, 0.1) is 20.6 Å². The van der Waals surface area contributed by atoms with Gasteiger partial charge in [0.1, 0.15) is 0 Å². The molecule has 0 bridgehead atoms. The van der Waals surface area contributed by atoms with Gasteiger partial charge in [0.25, 0.3) is 11.4 Å². The Hall–Kier alpha value is -2.18. The second-order valence-electron chi connectivity index (χ2n) is 5.30. The Labute approximate surface area is 151 Å². The Kier molecular flexibility index (Phi) is 5.92. The third-order valence-electron chi connectivity index (χ3n) is 3.92. The SMILES string of the molecule is Cc1oc(-c2ccc(-c3oc(C)c(C)[n+]3O)cc2)[n+](O)c1C.[Cl-].[Cl-]. The minimum Gasteiger partial charge on any atom is -1.00 e. The molecule has 0 amide bonds. The van der Waals surface area contributed by atoms with Gasteiger partial charge in [-0.2, -0.15) is 0 Å². The average molecular weight is 373 g/mol.